The van der Waals surface area contributed by atoms with E-state index in [9.17, 15) is 4.79 Å². The summed E-state index contributed by atoms with van der Waals surface area (Å²) in [5.74, 6) is 1.66. The van der Waals surface area contributed by atoms with Gasteiger partial charge in [-0.15, -0.1) is 0 Å². The second kappa shape index (κ2) is 6.32. The number of fused-ring (bicyclic) bond motifs is 1. The van der Waals surface area contributed by atoms with Gasteiger partial charge in [0.05, 0.1) is 12.7 Å². The molecular formula is C19H15NO5. The Kier molecular flexibility index (Phi) is 3.85. The maximum Gasteiger partial charge on any atom is 0.363 e. The highest BCUT2D eigenvalue weighted by Gasteiger charge is 2.26. The Morgan fingerprint density at radius 3 is 2.72 bits per heavy atom. The van der Waals surface area contributed by atoms with E-state index in [0.29, 0.717) is 36.0 Å². The van der Waals surface area contributed by atoms with Gasteiger partial charge in [0, 0.05) is 0 Å². The lowest BCUT2D eigenvalue weighted by atomic mass is 10.1. The van der Waals surface area contributed by atoms with Crippen LogP contribution in [0.1, 0.15) is 11.1 Å². The quantitative estimate of drug-likeness (QED) is 0.636. The van der Waals surface area contributed by atoms with E-state index in [4.69, 9.17) is 18.9 Å². The van der Waals surface area contributed by atoms with Gasteiger partial charge in [-0.3, -0.25) is 0 Å². The Morgan fingerprint density at radius 2 is 1.88 bits per heavy atom. The third kappa shape index (κ3) is 2.94. The fourth-order valence-electron chi connectivity index (χ4n) is 2.65. The lowest BCUT2D eigenvalue weighted by molar-refractivity contribution is -0.129. The Labute approximate surface area is 144 Å². The highest BCUT2D eigenvalue weighted by Crippen LogP contribution is 2.32. The van der Waals surface area contributed by atoms with Crippen molar-refractivity contribution >= 4 is 17.9 Å². The zero-order valence-electron chi connectivity index (χ0n) is 13.5. The number of carbonyl (C=O) groups excluding carboxylic acids is 1. The summed E-state index contributed by atoms with van der Waals surface area (Å²) in [4.78, 5) is 16.5. The first kappa shape index (κ1) is 15.3. The Bertz CT molecular complexity index is 900. The second-order valence-corrected chi connectivity index (χ2v) is 5.44. The fraction of sp³-hybridized carbons (Fsp3) is 0.158. The highest BCUT2D eigenvalue weighted by atomic mass is 16.6. The van der Waals surface area contributed by atoms with Crippen LogP contribution in [0.4, 0.5) is 0 Å². The summed E-state index contributed by atoms with van der Waals surface area (Å²) in [6, 6.07) is 12.7. The van der Waals surface area contributed by atoms with E-state index in [1.807, 2.05) is 30.3 Å². The average molecular weight is 337 g/mol. The normalized spacial score (nSPS) is 17.2. The minimum Gasteiger partial charge on any atom is -0.496 e. The molecule has 2 heterocycles. The van der Waals surface area contributed by atoms with Crippen LogP contribution in [0.25, 0.3) is 6.08 Å². The lowest BCUT2D eigenvalue weighted by Crippen LogP contribution is -2.15. The molecule has 0 aliphatic carbocycles. The first-order valence-corrected chi connectivity index (χ1v) is 7.80. The molecule has 0 unspecified atom stereocenters. The number of esters is 1. The van der Waals surface area contributed by atoms with E-state index in [1.54, 1.807) is 25.3 Å². The van der Waals surface area contributed by atoms with Crippen molar-refractivity contribution in [3.05, 3.63) is 59.3 Å². The lowest BCUT2D eigenvalue weighted by Gasteiger charge is -2.18. The van der Waals surface area contributed by atoms with Crippen LogP contribution in [0.15, 0.2) is 53.2 Å². The van der Waals surface area contributed by atoms with Crippen LogP contribution in [0.5, 0.6) is 17.2 Å². The van der Waals surface area contributed by atoms with Gasteiger partial charge in [-0.25, -0.2) is 9.79 Å². The van der Waals surface area contributed by atoms with Gasteiger partial charge in [-0.2, -0.15) is 0 Å². The average Bonchev–Trinajstić information content (AvgIpc) is 3.02. The van der Waals surface area contributed by atoms with E-state index in [-0.39, 0.29) is 11.6 Å². The number of rotatable bonds is 3. The molecule has 0 bridgehead atoms. The Hall–Kier alpha value is -3.28. The number of benzene rings is 2. The van der Waals surface area contributed by atoms with Crippen molar-refractivity contribution in [2.75, 3.05) is 20.3 Å². The molecule has 0 saturated carbocycles. The molecule has 0 aromatic heterocycles. The minimum absolute atomic E-state index is 0.220. The van der Waals surface area contributed by atoms with Gasteiger partial charge in [-0.05, 0) is 35.9 Å². The molecule has 2 aliphatic rings. The number of nitrogens with zero attached hydrogens (tertiary/aromatic N) is 1. The first-order valence-electron chi connectivity index (χ1n) is 7.80. The standard InChI is InChI=1S/C19H15NO5/c1-22-15-5-3-2-4-13(15)18-20-14(19(21)25-18)10-12-6-7-16-17(11-12)24-9-8-23-16/h2-7,10-11H,8-9H2,1H3. The van der Waals surface area contributed by atoms with E-state index < -0.39 is 5.97 Å². The third-order valence-corrected chi connectivity index (χ3v) is 3.83. The van der Waals surface area contributed by atoms with Crippen molar-refractivity contribution in [1.82, 2.24) is 0 Å². The number of para-hydroxylation sites is 1. The minimum atomic E-state index is -0.504. The topological polar surface area (TPSA) is 66.3 Å². The molecular weight excluding hydrogens is 322 g/mol. The van der Waals surface area contributed by atoms with Crippen molar-refractivity contribution in [3.8, 4) is 17.2 Å². The number of hydrogen-bond donors (Lipinski definition) is 0. The molecule has 2 aliphatic heterocycles. The third-order valence-electron chi connectivity index (χ3n) is 3.83. The number of carbonyl (C=O) groups is 1. The van der Waals surface area contributed by atoms with Crippen LogP contribution in [-0.4, -0.2) is 32.2 Å². The molecule has 126 valence electrons. The summed E-state index contributed by atoms with van der Waals surface area (Å²) in [5, 5.41) is 0. The van der Waals surface area contributed by atoms with Gasteiger partial charge in [0.25, 0.3) is 0 Å². The molecule has 0 spiro atoms. The summed E-state index contributed by atoms with van der Waals surface area (Å²) < 4.78 is 21.6. The van der Waals surface area contributed by atoms with Gasteiger partial charge in [0.1, 0.15) is 19.0 Å². The molecule has 0 saturated heterocycles. The molecule has 0 atom stereocenters. The number of cyclic esters (lactones) is 1. The fourth-order valence-corrected chi connectivity index (χ4v) is 2.65. The van der Waals surface area contributed by atoms with Gasteiger partial charge in [0.15, 0.2) is 17.2 Å². The Morgan fingerprint density at radius 1 is 1.08 bits per heavy atom. The van der Waals surface area contributed by atoms with Crippen molar-refractivity contribution in [3.63, 3.8) is 0 Å². The zero-order valence-corrected chi connectivity index (χ0v) is 13.5. The summed E-state index contributed by atoms with van der Waals surface area (Å²) >= 11 is 0. The molecule has 2 aromatic carbocycles. The van der Waals surface area contributed by atoms with Gasteiger partial charge in [-0.1, -0.05) is 18.2 Å². The molecule has 0 amide bonds. The van der Waals surface area contributed by atoms with Crippen LogP contribution >= 0.6 is 0 Å². The number of methoxy groups -OCH3 is 1. The van der Waals surface area contributed by atoms with Crippen LogP contribution < -0.4 is 14.2 Å². The molecule has 2 aromatic rings. The van der Waals surface area contributed by atoms with E-state index in [1.165, 1.54) is 0 Å². The predicted octanol–water partition coefficient (Wildman–Crippen LogP) is 2.81. The van der Waals surface area contributed by atoms with Crippen molar-refractivity contribution in [1.29, 1.82) is 0 Å². The monoisotopic (exact) mass is 337 g/mol. The summed E-state index contributed by atoms with van der Waals surface area (Å²) in [6.45, 7) is 1.04. The van der Waals surface area contributed by atoms with Crippen LogP contribution in [0.3, 0.4) is 0 Å². The number of hydrogen-bond acceptors (Lipinski definition) is 6. The maximum atomic E-state index is 12.1. The molecule has 0 N–H and O–H groups in total. The number of ether oxygens (including phenoxy) is 4. The molecule has 6 nitrogen and oxygen atoms in total. The highest BCUT2D eigenvalue weighted by molar-refractivity contribution is 6.13. The molecule has 0 radical (unpaired) electrons. The number of aliphatic imine (C=N–C) groups is 1. The predicted molar refractivity (Wildman–Crippen MR) is 91.0 cm³/mol. The smallest absolute Gasteiger partial charge is 0.363 e. The SMILES string of the molecule is COc1ccccc1C1=NC(=Cc2ccc3c(c2)OCCO3)C(=O)O1. The van der Waals surface area contributed by atoms with Crippen LogP contribution in [0.2, 0.25) is 0 Å². The summed E-state index contributed by atoms with van der Waals surface area (Å²) in [5.41, 5.74) is 1.63. The molecule has 25 heavy (non-hydrogen) atoms. The van der Waals surface area contributed by atoms with Crippen molar-refractivity contribution in [2.45, 2.75) is 0 Å². The van der Waals surface area contributed by atoms with Gasteiger partial charge >= 0.3 is 5.97 Å². The largest absolute Gasteiger partial charge is 0.496 e. The second-order valence-electron chi connectivity index (χ2n) is 5.44. The summed E-state index contributed by atoms with van der Waals surface area (Å²) in [7, 11) is 1.56. The van der Waals surface area contributed by atoms with Crippen molar-refractivity contribution in [2.24, 2.45) is 4.99 Å². The first-order chi connectivity index (χ1) is 12.2. The van der Waals surface area contributed by atoms with Crippen molar-refractivity contribution < 1.29 is 23.7 Å². The van der Waals surface area contributed by atoms with Gasteiger partial charge < -0.3 is 18.9 Å². The van der Waals surface area contributed by atoms with E-state index >= 15 is 0 Å². The molecule has 0 fully saturated rings. The molecule has 4 rings (SSSR count). The van der Waals surface area contributed by atoms with Crippen LogP contribution in [0, 0.1) is 0 Å². The van der Waals surface area contributed by atoms with E-state index in [0.717, 1.165) is 5.56 Å². The Balaban J connectivity index is 1.67. The van der Waals surface area contributed by atoms with Gasteiger partial charge in [0.2, 0.25) is 5.90 Å². The maximum absolute atomic E-state index is 12.1. The van der Waals surface area contributed by atoms with Crippen LogP contribution in [-0.2, 0) is 9.53 Å². The molecule has 6 heteroatoms. The zero-order chi connectivity index (χ0) is 17.2. The van der Waals surface area contributed by atoms with E-state index in [2.05, 4.69) is 4.99 Å². The summed E-state index contributed by atoms with van der Waals surface area (Å²) in [6.07, 6.45) is 1.66.